The molecular formula is C16H14Cl2F4O3. The van der Waals surface area contributed by atoms with E-state index in [4.69, 9.17) is 33.0 Å². The Morgan fingerprint density at radius 1 is 1.12 bits per heavy atom. The first-order valence-corrected chi connectivity index (χ1v) is 7.93. The van der Waals surface area contributed by atoms with E-state index in [0.29, 0.717) is 0 Å². The van der Waals surface area contributed by atoms with Gasteiger partial charge in [-0.05, 0) is 17.4 Å². The highest BCUT2D eigenvalue weighted by atomic mass is 35.5. The molecule has 3 nitrogen and oxygen atoms in total. The van der Waals surface area contributed by atoms with Crippen molar-refractivity contribution in [2.24, 2.45) is 17.3 Å². The summed E-state index contributed by atoms with van der Waals surface area (Å²) in [4.78, 5) is 12.1. The molecule has 2 atom stereocenters. The summed E-state index contributed by atoms with van der Waals surface area (Å²) in [5, 5.41) is 8.77. The van der Waals surface area contributed by atoms with Crippen molar-refractivity contribution >= 4 is 29.2 Å². The van der Waals surface area contributed by atoms with Gasteiger partial charge < -0.3 is 9.84 Å². The molecule has 0 heterocycles. The number of allylic oxidation sites excluding steroid dienone is 1. The minimum atomic E-state index is -1.73. The van der Waals surface area contributed by atoms with Crippen molar-refractivity contribution in [3.63, 3.8) is 0 Å². The number of halogens is 6. The van der Waals surface area contributed by atoms with Crippen molar-refractivity contribution in [1.82, 2.24) is 0 Å². The van der Waals surface area contributed by atoms with Gasteiger partial charge in [0.15, 0.2) is 23.3 Å². The Balaban J connectivity index is 2.18. The average molecular weight is 401 g/mol. The predicted molar refractivity (Wildman–Crippen MR) is 82.5 cm³/mol. The molecule has 1 aliphatic rings. The fourth-order valence-corrected chi connectivity index (χ4v) is 3.07. The number of benzene rings is 1. The Hall–Kier alpha value is -1.31. The fraction of sp³-hybridized carbons (Fsp3) is 0.438. The van der Waals surface area contributed by atoms with Crippen molar-refractivity contribution in [3.05, 3.63) is 45.0 Å². The molecule has 9 heteroatoms. The van der Waals surface area contributed by atoms with Gasteiger partial charge in [0, 0.05) is 0 Å². The lowest BCUT2D eigenvalue weighted by Crippen LogP contribution is -2.14. The molecule has 2 rings (SSSR count). The summed E-state index contributed by atoms with van der Waals surface area (Å²) in [7, 11) is 0. The highest BCUT2D eigenvalue weighted by molar-refractivity contribution is 6.55. The van der Waals surface area contributed by atoms with Gasteiger partial charge in [-0.1, -0.05) is 37.0 Å². The van der Waals surface area contributed by atoms with E-state index in [0.717, 1.165) is 0 Å². The second kappa shape index (κ2) is 7.13. The minimum absolute atomic E-state index is 0.0331. The molecule has 1 aliphatic carbocycles. The maximum atomic E-state index is 13.8. The summed E-state index contributed by atoms with van der Waals surface area (Å²) in [5.41, 5.74) is -2.72. The van der Waals surface area contributed by atoms with E-state index >= 15 is 0 Å². The summed E-state index contributed by atoms with van der Waals surface area (Å²) in [6, 6.07) is 0. The summed E-state index contributed by atoms with van der Waals surface area (Å²) in [5.74, 6) is -8.67. The van der Waals surface area contributed by atoms with Crippen LogP contribution in [0.5, 0.6) is 0 Å². The average Bonchev–Trinajstić information content (AvgIpc) is 3.05. The van der Waals surface area contributed by atoms with Crippen molar-refractivity contribution < 1.29 is 32.2 Å². The van der Waals surface area contributed by atoms with Gasteiger partial charge in [0.2, 0.25) is 0 Å². The number of ether oxygens (including phenoxy) is 1. The second-order valence-corrected chi connectivity index (χ2v) is 7.27. The molecule has 1 saturated carbocycles. The third-order valence-electron chi connectivity index (χ3n) is 4.43. The number of hydrogen-bond acceptors (Lipinski definition) is 3. The number of carbonyl (C=O) groups is 1. The predicted octanol–water partition coefficient (Wildman–Crippen LogP) is 4.37. The summed E-state index contributed by atoms with van der Waals surface area (Å²) in [6.07, 6.45) is 1.45. The second-order valence-electron chi connectivity index (χ2n) is 6.26. The molecular weight excluding hydrogens is 387 g/mol. The van der Waals surface area contributed by atoms with E-state index in [1.54, 1.807) is 13.8 Å². The standard InChI is InChI=1S/C16H14Cl2F4O3/c1-16(2)8(3-9(17)18)10(16)15(24)25-5-7-13(21)11(19)6(4-23)12(20)14(7)22/h3,8,10,23H,4-5H2,1-2H3/t8-,10+/m1/s1. The zero-order chi connectivity index (χ0) is 19.1. The van der Waals surface area contributed by atoms with Gasteiger partial charge in [0.05, 0.1) is 23.7 Å². The number of aliphatic hydroxyl groups excluding tert-OH is 1. The summed E-state index contributed by atoms with van der Waals surface area (Å²) < 4.78 is 59.7. The van der Waals surface area contributed by atoms with Gasteiger partial charge in [-0.2, -0.15) is 0 Å². The number of rotatable bonds is 5. The Kier molecular flexibility index (Phi) is 5.71. The molecule has 1 aromatic rings. The monoisotopic (exact) mass is 400 g/mol. The lowest BCUT2D eigenvalue weighted by molar-refractivity contribution is -0.147. The van der Waals surface area contributed by atoms with Crippen molar-refractivity contribution in [2.45, 2.75) is 27.1 Å². The van der Waals surface area contributed by atoms with Gasteiger partial charge >= 0.3 is 5.97 Å². The normalized spacial score (nSPS) is 21.0. The first-order valence-electron chi connectivity index (χ1n) is 7.18. The van der Waals surface area contributed by atoms with Crippen molar-refractivity contribution in [1.29, 1.82) is 0 Å². The summed E-state index contributed by atoms with van der Waals surface area (Å²) in [6.45, 7) is 1.28. The largest absolute Gasteiger partial charge is 0.460 e. The number of hydrogen-bond donors (Lipinski definition) is 1. The topological polar surface area (TPSA) is 46.5 Å². The van der Waals surface area contributed by atoms with E-state index < -0.39 is 64.9 Å². The van der Waals surface area contributed by atoms with Crippen LogP contribution >= 0.6 is 23.2 Å². The molecule has 1 fully saturated rings. The van der Waals surface area contributed by atoms with Crippen LogP contribution < -0.4 is 0 Å². The third kappa shape index (κ3) is 3.64. The molecule has 25 heavy (non-hydrogen) atoms. The molecule has 0 saturated heterocycles. The van der Waals surface area contributed by atoms with Crippen LogP contribution in [-0.2, 0) is 22.7 Å². The van der Waals surface area contributed by atoms with Gasteiger partial charge in [-0.3, -0.25) is 4.79 Å². The highest BCUT2D eigenvalue weighted by Crippen LogP contribution is 2.60. The van der Waals surface area contributed by atoms with E-state index in [1.165, 1.54) is 6.08 Å². The zero-order valence-corrected chi connectivity index (χ0v) is 14.7. The van der Waals surface area contributed by atoms with Crippen LogP contribution in [0, 0.1) is 40.5 Å². The SMILES string of the molecule is CC1(C)[C@H](C=C(Cl)Cl)[C@H]1C(=O)OCc1c(F)c(F)c(CO)c(F)c1F. The summed E-state index contributed by atoms with van der Waals surface area (Å²) >= 11 is 11.1. The van der Waals surface area contributed by atoms with Crippen LogP contribution in [0.1, 0.15) is 25.0 Å². The van der Waals surface area contributed by atoms with Crippen LogP contribution in [-0.4, -0.2) is 11.1 Å². The lowest BCUT2D eigenvalue weighted by atomic mass is 10.1. The molecule has 1 N–H and O–H groups in total. The third-order valence-corrected chi connectivity index (χ3v) is 4.68. The Morgan fingerprint density at radius 2 is 1.60 bits per heavy atom. The van der Waals surface area contributed by atoms with Crippen LogP contribution in [0.2, 0.25) is 0 Å². The van der Waals surface area contributed by atoms with Crippen LogP contribution in [0.3, 0.4) is 0 Å². The van der Waals surface area contributed by atoms with E-state index in [9.17, 15) is 22.4 Å². The molecule has 0 radical (unpaired) electrons. The van der Waals surface area contributed by atoms with Gasteiger partial charge in [-0.15, -0.1) is 0 Å². The molecule has 0 bridgehead atoms. The zero-order valence-electron chi connectivity index (χ0n) is 13.2. The quantitative estimate of drug-likeness (QED) is 0.453. The molecule has 0 unspecified atom stereocenters. The number of esters is 1. The van der Waals surface area contributed by atoms with Crippen molar-refractivity contribution in [2.75, 3.05) is 0 Å². The lowest BCUT2D eigenvalue weighted by Gasteiger charge is -2.11. The molecule has 0 spiro atoms. The molecule has 1 aromatic carbocycles. The Labute approximate surface area is 151 Å². The van der Waals surface area contributed by atoms with Gasteiger partial charge in [0.25, 0.3) is 0 Å². The first kappa shape index (κ1) is 20.0. The number of carbonyl (C=O) groups excluding carboxylic acids is 1. The maximum Gasteiger partial charge on any atom is 0.310 e. The maximum absolute atomic E-state index is 13.8. The minimum Gasteiger partial charge on any atom is -0.460 e. The van der Waals surface area contributed by atoms with Crippen LogP contribution in [0.15, 0.2) is 10.6 Å². The Bertz CT molecular complexity index is 716. The van der Waals surface area contributed by atoms with E-state index in [1.807, 2.05) is 0 Å². The van der Waals surface area contributed by atoms with Crippen molar-refractivity contribution in [3.8, 4) is 0 Å². The molecule has 0 aromatic heterocycles. The van der Waals surface area contributed by atoms with E-state index in [2.05, 4.69) is 0 Å². The van der Waals surface area contributed by atoms with E-state index in [-0.39, 0.29) is 10.4 Å². The molecule has 0 amide bonds. The van der Waals surface area contributed by atoms with Crippen LogP contribution in [0.25, 0.3) is 0 Å². The first-order chi connectivity index (χ1) is 11.5. The highest BCUT2D eigenvalue weighted by Gasteiger charge is 2.61. The van der Waals surface area contributed by atoms with Gasteiger partial charge in [0.1, 0.15) is 11.1 Å². The Morgan fingerprint density at radius 3 is 2.04 bits per heavy atom. The molecule has 0 aliphatic heterocycles. The smallest absolute Gasteiger partial charge is 0.310 e. The number of aliphatic hydroxyl groups is 1. The fourth-order valence-electron chi connectivity index (χ4n) is 2.80. The van der Waals surface area contributed by atoms with Gasteiger partial charge in [-0.25, -0.2) is 17.6 Å². The molecule has 138 valence electrons. The van der Waals surface area contributed by atoms with Crippen LogP contribution in [0.4, 0.5) is 17.6 Å².